The maximum absolute atomic E-state index is 12.6. The molecule has 1 N–H and O–H groups in total. The molecule has 0 aliphatic heterocycles. The maximum Gasteiger partial charge on any atom is 0.304 e. The fourth-order valence-electron chi connectivity index (χ4n) is 2.77. The Morgan fingerprint density at radius 1 is 0.958 bits per heavy atom. The molecule has 0 aromatic heterocycles. The topological polar surface area (TPSA) is 54.4 Å². The zero-order valence-corrected chi connectivity index (χ0v) is 14.6. The van der Waals surface area contributed by atoms with Gasteiger partial charge in [0.05, 0.1) is 6.42 Å². The SMILES string of the molecule is CC(C)C[C@@H](CC(=O)O)C(=O)c1ccc(-c2ccc(Cl)cc2)cc1. The van der Waals surface area contributed by atoms with Crippen molar-refractivity contribution in [1.29, 1.82) is 0 Å². The van der Waals surface area contributed by atoms with Crippen LogP contribution in [0, 0.1) is 11.8 Å². The molecule has 0 bridgehead atoms. The normalized spacial score (nSPS) is 12.2. The Bertz CT molecular complexity index is 703. The minimum Gasteiger partial charge on any atom is -0.481 e. The van der Waals surface area contributed by atoms with Gasteiger partial charge < -0.3 is 5.11 Å². The molecular weight excluding hydrogens is 324 g/mol. The predicted molar refractivity (Wildman–Crippen MR) is 96.4 cm³/mol. The van der Waals surface area contributed by atoms with E-state index in [4.69, 9.17) is 16.7 Å². The number of Topliss-reactive ketones (excluding diaryl/α,β-unsaturated/α-hetero) is 1. The van der Waals surface area contributed by atoms with Crippen molar-refractivity contribution < 1.29 is 14.7 Å². The summed E-state index contributed by atoms with van der Waals surface area (Å²) in [4.78, 5) is 23.7. The van der Waals surface area contributed by atoms with Gasteiger partial charge in [0.25, 0.3) is 0 Å². The molecule has 2 rings (SSSR count). The second-order valence-electron chi connectivity index (χ2n) is 6.37. The first-order chi connectivity index (χ1) is 11.4. The summed E-state index contributed by atoms with van der Waals surface area (Å²) < 4.78 is 0. The van der Waals surface area contributed by atoms with Gasteiger partial charge >= 0.3 is 5.97 Å². The van der Waals surface area contributed by atoms with E-state index in [0.29, 0.717) is 17.0 Å². The number of carbonyl (C=O) groups is 2. The molecule has 1 atom stereocenters. The highest BCUT2D eigenvalue weighted by atomic mass is 35.5. The number of hydrogen-bond donors (Lipinski definition) is 1. The molecule has 0 aliphatic carbocycles. The number of rotatable bonds is 7. The Hall–Kier alpha value is -2.13. The zero-order valence-electron chi connectivity index (χ0n) is 13.8. The highest BCUT2D eigenvalue weighted by molar-refractivity contribution is 6.30. The zero-order chi connectivity index (χ0) is 17.7. The Labute approximate surface area is 147 Å². The summed E-state index contributed by atoms with van der Waals surface area (Å²) in [7, 11) is 0. The fourth-order valence-corrected chi connectivity index (χ4v) is 2.89. The summed E-state index contributed by atoms with van der Waals surface area (Å²) in [5.41, 5.74) is 2.56. The van der Waals surface area contributed by atoms with Crippen LogP contribution in [-0.4, -0.2) is 16.9 Å². The summed E-state index contributed by atoms with van der Waals surface area (Å²) in [6.07, 6.45) is 0.444. The van der Waals surface area contributed by atoms with Crippen molar-refractivity contribution in [2.24, 2.45) is 11.8 Å². The van der Waals surface area contributed by atoms with Crippen molar-refractivity contribution in [2.45, 2.75) is 26.7 Å². The lowest BCUT2D eigenvalue weighted by molar-refractivity contribution is -0.137. The fraction of sp³-hybridized carbons (Fsp3) is 0.300. The summed E-state index contributed by atoms with van der Waals surface area (Å²) in [6.45, 7) is 3.98. The van der Waals surface area contributed by atoms with Crippen LogP contribution in [0.25, 0.3) is 11.1 Å². The van der Waals surface area contributed by atoms with Gasteiger partial charge in [0, 0.05) is 16.5 Å². The summed E-state index contributed by atoms with van der Waals surface area (Å²) >= 11 is 5.89. The Morgan fingerprint density at radius 3 is 1.92 bits per heavy atom. The number of aliphatic carboxylic acids is 1. The molecule has 0 amide bonds. The molecule has 0 saturated carbocycles. The van der Waals surface area contributed by atoms with E-state index >= 15 is 0 Å². The van der Waals surface area contributed by atoms with Gasteiger partial charge in [0.2, 0.25) is 0 Å². The quantitative estimate of drug-likeness (QED) is 0.691. The summed E-state index contributed by atoms with van der Waals surface area (Å²) in [5.74, 6) is -1.25. The van der Waals surface area contributed by atoms with Gasteiger partial charge in [-0.1, -0.05) is 61.8 Å². The first kappa shape index (κ1) is 18.2. The second kappa shape index (κ2) is 8.11. The molecule has 3 nitrogen and oxygen atoms in total. The third kappa shape index (κ3) is 4.93. The van der Waals surface area contributed by atoms with Crippen molar-refractivity contribution >= 4 is 23.4 Å². The molecule has 24 heavy (non-hydrogen) atoms. The number of carboxylic acids is 1. The predicted octanol–water partition coefficient (Wildman–Crippen LogP) is 5.33. The molecule has 0 aliphatic rings. The highest BCUT2D eigenvalue weighted by Gasteiger charge is 2.23. The number of halogens is 1. The second-order valence-corrected chi connectivity index (χ2v) is 6.81. The van der Waals surface area contributed by atoms with Crippen LogP contribution in [0.3, 0.4) is 0 Å². The molecule has 126 valence electrons. The van der Waals surface area contributed by atoms with E-state index in [1.807, 2.05) is 50.2 Å². The number of carboxylic acid groups (broad SMARTS) is 1. The maximum atomic E-state index is 12.6. The van der Waals surface area contributed by atoms with Crippen LogP contribution >= 0.6 is 11.6 Å². The van der Waals surface area contributed by atoms with Crippen molar-refractivity contribution in [3.05, 3.63) is 59.1 Å². The first-order valence-corrected chi connectivity index (χ1v) is 8.36. The van der Waals surface area contributed by atoms with Crippen LogP contribution in [0.2, 0.25) is 5.02 Å². The number of carbonyl (C=O) groups excluding carboxylic acids is 1. The van der Waals surface area contributed by atoms with Gasteiger partial charge in [-0.2, -0.15) is 0 Å². The molecule has 0 unspecified atom stereocenters. The van der Waals surface area contributed by atoms with E-state index in [1.165, 1.54) is 0 Å². The van der Waals surface area contributed by atoms with Crippen LogP contribution in [-0.2, 0) is 4.79 Å². The monoisotopic (exact) mass is 344 g/mol. The van der Waals surface area contributed by atoms with Crippen molar-refractivity contribution in [1.82, 2.24) is 0 Å². The third-order valence-electron chi connectivity index (χ3n) is 3.89. The van der Waals surface area contributed by atoms with Crippen LogP contribution in [0.4, 0.5) is 0 Å². The first-order valence-electron chi connectivity index (χ1n) is 7.99. The Balaban J connectivity index is 2.19. The van der Waals surface area contributed by atoms with Crippen LogP contribution in [0.5, 0.6) is 0 Å². The molecule has 0 heterocycles. The van der Waals surface area contributed by atoms with Crippen LogP contribution < -0.4 is 0 Å². The average Bonchev–Trinajstić information content (AvgIpc) is 2.53. The van der Waals surface area contributed by atoms with Gasteiger partial charge in [0.1, 0.15) is 0 Å². The van der Waals surface area contributed by atoms with Crippen LogP contribution in [0.15, 0.2) is 48.5 Å². The minimum atomic E-state index is -0.938. The van der Waals surface area contributed by atoms with E-state index in [9.17, 15) is 9.59 Å². The van der Waals surface area contributed by atoms with E-state index in [1.54, 1.807) is 12.1 Å². The lowest BCUT2D eigenvalue weighted by atomic mass is 9.87. The third-order valence-corrected chi connectivity index (χ3v) is 4.15. The summed E-state index contributed by atoms with van der Waals surface area (Å²) in [6, 6.07) is 14.8. The van der Waals surface area contributed by atoms with Crippen molar-refractivity contribution in [2.75, 3.05) is 0 Å². The lowest BCUT2D eigenvalue weighted by Crippen LogP contribution is -2.20. The molecule has 0 saturated heterocycles. The van der Waals surface area contributed by atoms with E-state index in [-0.39, 0.29) is 18.1 Å². The van der Waals surface area contributed by atoms with Gasteiger partial charge in [-0.05, 0) is 35.6 Å². The van der Waals surface area contributed by atoms with E-state index in [0.717, 1.165) is 11.1 Å². The number of benzene rings is 2. The van der Waals surface area contributed by atoms with Crippen molar-refractivity contribution in [3.8, 4) is 11.1 Å². The molecule has 0 fully saturated rings. The lowest BCUT2D eigenvalue weighted by Gasteiger charge is -2.16. The average molecular weight is 345 g/mol. The van der Waals surface area contributed by atoms with Crippen molar-refractivity contribution in [3.63, 3.8) is 0 Å². The Morgan fingerprint density at radius 2 is 1.46 bits per heavy atom. The van der Waals surface area contributed by atoms with E-state index in [2.05, 4.69) is 0 Å². The Kier molecular flexibility index (Phi) is 6.16. The number of hydrogen-bond acceptors (Lipinski definition) is 2. The molecule has 4 heteroatoms. The molecule has 2 aromatic rings. The number of ketones is 1. The minimum absolute atomic E-state index is 0.103. The van der Waals surface area contributed by atoms with Gasteiger partial charge in [-0.25, -0.2) is 0 Å². The molecular formula is C20H21ClO3. The largest absolute Gasteiger partial charge is 0.481 e. The highest BCUT2D eigenvalue weighted by Crippen LogP contribution is 2.25. The van der Waals surface area contributed by atoms with Gasteiger partial charge in [-0.15, -0.1) is 0 Å². The van der Waals surface area contributed by atoms with Crippen LogP contribution in [0.1, 0.15) is 37.0 Å². The molecule has 0 radical (unpaired) electrons. The molecule has 0 spiro atoms. The smallest absolute Gasteiger partial charge is 0.304 e. The van der Waals surface area contributed by atoms with Gasteiger partial charge in [-0.3, -0.25) is 9.59 Å². The molecule has 2 aromatic carbocycles. The van der Waals surface area contributed by atoms with Gasteiger partial charge in [0.15, 0.2) is 5.78 Å². The van der Waals surface area contributed by atoms with E-state index < -0.39 is 11.9 Å². The standard InChI is InChI=1S/C20H21ClO3/c1-13(2)11-17(12-19(22)23)20(24)16-5-3-14(4-6-16)15-7-9-18(21)10-8-15/h3-10,13,17H,11-12H2,1-2H3,(H,22,23)/t17-/m0/s1. The summed E-state index contributed by atoms with van der Waals surface area (Å²) in [5, 5.41) is 9.72.